The number of hydrogen-bond donors (Lipinski definition) is 2. The first-order valence-electron chi connectivity index (χ1n) is 13.9. The number of halogens is 1. The van der Waals surface area contributed by atoms with E-state index < -0.39 is 0 Å². The lowest BCUT2D eigenvalue weighted by molar-refractivity contribution is -0.133. The Bertz CT molecular complexity index is 1420. The summed E-state index contributed by atoms with van der Waals surface area (Å²) in [5.41, 5.74) is 6.68. The molecule has 0 aliphatic carbocycles. The molecule has 4 aromatic rings. The van der Waals surface area contributed by atoms with Crippen molar-refractivity contribution in [1.29, 1.82) is 0 Å². The predicted molar refractivity (Wildman–Crippen MR) is 162 cm³/mol. The Morgan fingerprint density at radius 3 is 2.44 bits per heavy atom. The van der Waals surface area contributed by atoms with Crippen LogP contribution in [0.3, 0.4) is 0 Å². The Hall–Kier alpha value is -3.35. The third kappa shape index (κ3) is 5.97. The van der Waals surface area contributed by atoms with E-state index in [1.54, 1.807) is 0 Å². The smallest absolute Gasteiger partial charge is 0.231 e. The molecule has 2 aromatic heterocycles. The van der Waals surface area contributed by atoms with Gasteiger partial charge in [0.2, 0.25) is 5.91 Å². The van der Waals surface area contributed by atoms with Crippen molar-refractivity contribution in [3.05, 3.63) is 83.1 Å². The number of carbonyl (C=O) groups is 1. The lowest BCUT2D eigenvalue weighted by Gasteiger charge is -2.39. The highest BCUT2D eigenvalue weighted by Crippen LogP contribution is 2.38. The van der Waals surface area contributed by atoms with Gasteiger partial charge in [0, 0.05) is 67.1 Å². The number of fused-ring (bicyclic) bond motifs is 1. The number of amides is 1. The second kappa shape index (κ2) is 11.8. The summed E-state index contributed by atoms with van der Waals surface area (Å²) in [6.07, 6.45) is 3.94. The van der Waals surface area contributed by atoms with Crippen molar-refractivity contribution >= 4 is 34.2 Å². The van der Waals surface area contributed by atoms with Gasteiger partial charge < -0.3 is 20.1 Å². The van der Waals surface area contributed by atoms with Crippen molar-refractivity contribution in [2.45, 2.75) is 45.6 Å². The zero-order chi connectivity index (χ0) is 27.5. The molecule has 6 nitrogen and oxygen atoms in total. The van der Waals surface area contributed by atoms with Crippen molar-refractivity contribution in [3.63, 3.8) is 0 Å². The van der Waals surface area contributed by atoms with Gasteiger partial charge in [-0.15, -0.1) is 0 Å². The zero-order valence-corrected chi connectivity index (χ0v) is 24.0. The van der Waals surface area contributed by atoms with Gasteiger partial charge in [-0.25, -0.2) is 4.98 Å². The number of aromatic amines is 1. The summed E-state index contributed by atoms with van der Waals surface area (Å²) in [5.74, 6) is 0.366. The maximum absolute atomic E-state index is 13.8. The third-order valence-corrected chi connectivity index (χ3v) is 7.88. The molecule has 0 radical (unpaired) electrons. The van der Waals surface area contributed by atoms with Crippen molar-refractivity contribution in [2.75, 3.05) is 37.6 Å². The minimum absolute atomic E-state index is 0.163. The van der Waals surface area contributed by atoms with Crippen LogP contribution < -0.4 is 10.2 Å². The fourth-order valence-electron chi connectivity index (χ4n) is 5.38. The Morgan fingerprint density at radius 1 is 1.00 bits per heavy atom. The Kier molecular flexibility index (Phi) is 8.24. The molecule has 1 aliphatic heterocycles. The van der Waals surface area contributed by atoms with Crippen molar-refractivity contribution < 1.29 is 4.79 Å². The van der Waals surface area contributed by atoms with Gasteiger partial charge in [-0.2, -0.15) is 0 Å². The molecule has 204 valence electrons. The number of nitrogens with zero attached hydrogens (tertiary/aromatic N) is 3. The van der Waals surface area contributed by atoms with Gasteiger partial charge in [-0.1, -0.05) is 75.7 Å². The number of nitrogens with one attached hydrogen (secondary N) is 2. The molecule has 0 unspecified atom stereocenters. The number of carbonyl (C=O) groups excluding carboxylic acids is 1. The first-order valence-corrected chi connectivity index (χ1v) is 14.3. The fraction of sp³-hybridized carbons (Fsp3) is 0.375. The molecule has 2 N–H and O–H groups in total. The maximum Gasteiger partial charge on any atom is 0.231 e. The van der Waals surface area contributed by atoms with E-state index in [1.165, 1.54) is 16.8 Å². The van der Waals surface area contributed by atoms with E-state index in [-0.39, 0.29) is 11.8 Å². The molecule has 0 saturated carbocycles. The van der Waals surface area contributed by atoms with E-state index in [9.17, 15) is 4.79 Å². The average molecular weight is 544 g/mol. The lowest BCUT2D eigenvalue weighted by Crippen LogP contribution is -2.51. The molecule has 1 fully saturated rings. The van der Waals surface area contributed by atoms with Gasteiger partial charge in [0.25, 0.3) is 0 Å². The van der Waals surface area contributed by atoms with Crippen LogP contribution in [-0.4, -0.2) is 59.5 Å². The number of aromatic nitrogens is 2. The van der Waals surface area contributed by atoms with Crippen LogP contribution in [0, 0.1) is 0 Å². The summed E-state index contributed by atoms with van der Waals surface area (Å²) in [6, 6.07) is 18.9. The topological polar surface area (TPSA) is 64.3 Å². The summed E-state index contributed by atoms with van der Waals surface area (Å²) in [4.78, 5) is 26.3. The van der Waals surface area contributed by atoms with Crippen LogP contribution in [0.15, 0.2) is 67.0 Å². The summed E-state index contributed by atoms with van der Waals surface area (Å²) < 4.78 is 0. The quantitative estimate of drug-likeness (QED) is 0.268. The molecule has 0 bridgehead atoms. The van der Waals surface area contributed by atoms with E-state index in [4.69, 9.17) is 16.6 Å². The van der Waals surface area contributed by atoms with Gasteiger partial charge >= 0.3 is 0 Å². The van der Waals surface area contributed by atoms with Gasteiger partial charge in [0.15, 0.2) is 0 Å². The van der Waals surface area contributed by atoms with Crippen LogP contribution in [0.25, 0.3) is 22.2 Å². The highest BCUT2D eigenvalue weighted by atomic mass is 35.5. The number of H-pyrrole nitrogens is 1. The number of pyridine rings is 1. The normalized spacial score (nSPS) is 14.9. The zero-order valence-electron chi connectivity index (χ0n) is 23.2. The predicted octanol–water partition coefficient (Wildman–Crippen LogP) is 6.44. The summed E-state index contributed by atoms with van der Waals surface area (Å²) in [5, 5.41) is 5.26. The number of hydrogen-bond acceptors (Lipinski definition) is 4. The summed E-state index contributed by atoms with van der Waals surface area (Å²) in [7, 11) is 0. The van der Waals surface area contributed by atoms with Crippen LogP contribution in [0.1, 0.15) is 50.7 Å². The van der Waals surface area contributed by atoms with E-state index in [2.05, 4.69) is 73.2 Å². The number of benzene rings is 2. The molecule has 1 saturated heterocycles. The minimum atomic E-state index is -0.247. The lowest BCUT2D eigenvalue weighted by atomic mass is 9.95. The number of piperazine rings is 1. The van der Waals surface area contributed by atoms with Crippen molar-refractivity contribution in [1.82, 2.24) is 20.2 Å². The van der Waals surface area contributed by atoms with Crippen LogP contribution in [0.2, 0.25) is 5.02 Å². The van der Waals surface area contributed by atoms with Crippen LogP contribution in [0.4, 0.5) is 5.69 Å². The summed E-state index contributed by atoms with van der Waals surface area (Å²) in [6.45, 7) is 12.1. The molecule has 2 aromatic carbocycles. The summed E-state index contributed by atoms with van der Waals surface area (Å²) >= 11 is 6.14. The van der Waals surface area contributed by atoms with Crippen molar-refractivity contribution in [2.24, 2.45) is 0 Å². The fourth-order valence-corrected chi connectivity index (χ4v) is 5.50. The maximum atomic E-state index is 13.8. The third-order valence-electron chi connectivity index (χ3n) is 7.63. The SMILES string of the molecule is CC(C)NC[C@@H](C(=O)N1CCN(c2c(-c3cccc(C(C)C)c3)cnc3[nH]ccc23)CC1)c1ccc(Cl)cc1. The molecular formula is C32H38ClN5O. The number of rotatable bonds is 8. The van der Waals surface area contributed by atoms with Crippen LogP contribution in [0.5, 0.6) is 0 Å². The van der Waals surface area contributed by atoms with Gasteiger partial charge in [-0.05, 0) is 40.8 Å². The molecule has 5 rings (SSSR count). The van der Waals surface area contributed by atoms with Gasteiger partial charge in [-0.3, -0.25) is 4.79 Å². The Labute approximate surface area is 236 Å². The van der Waals surface area contributed by atoms with Crippen molar-refractivity contribution in [3.8, 4) is 11.1 Å². The largest absolute Gasteiger partial charge is 0.367 e. The molecule has 1 aliphatic rings. The second-order valence-electron chi connectivity index (χ2n) is 11.0. The monoisotopic (exact) mass is 543 g/mol. The molecule has 3 heterocycles. The molecule has 1 amide bonds. The average Bonchev–Trinajstić information content (AvgIpc) is 3.42. The highest BCUT2D eigenvalue weighted by molar-refractivity contribution is 6.30. The second-order valence-corrected chi connectivity index (χ2v) is 11.5. The Balaban J connectivity index is 1.40. The molecule has 1 atom stereocenters. The molecule has 0 spiro atoms. The van der Waals surface area contributed by atoms with E-state index in [0.717, 1.165) is 35.2 Å². The first-order chi connectivity index (χ1) is 18.8. The first kappa shape index (κ1) is 27.2. The Morgan fingerprint density at radius 2 is 1.74 bits per heavy atom. The standard InChI is InChI=1S/C32H38ClN5O/c1-21(2)24-6-5-7-25(18-24)28-19-36-31-27(12-13-34-31)30(28)37-14-16-38(17-15-37)32(39)29(20-35-22(3)4)23-8-10-26(33)11-9-23/h5-13,18-19,21-22,29,35H,14-17,20H2,1-4H3,(H,34,36)/t29-/m1/s1. The number of anilines is 1. The minimum Gasteiger partial charge on any atom is -0.367 e. The molecular weight excluding hydrogens is 506 g/mol. The van der Waals surface area contributed by atoms with Crippen LogP contribution >= 0.6 is 11.6 Å². The van der Waals surface area contributed by atoms with E-state index in [0.29, 0.717) is 36.6 Å². The van der Waals surface area contributed by atoms with Crippen LogP contribution in [-0.2, 0) is 4.79 Å². The molecule has 7 heteroatoms. The van der Waals surface area contributed by atoms with Gasteiger partial charge in [0.05, 0.1) is 11.6 Å². The molecule has 39 heavy (non-hydrogen) atoms. The van der Waals surface area contributed by atoms with E-state index in [1.807, 2.05) is 41.6 Å². The van der Waals surface area contributed by atoms with Gasteiger partial charge in [0.1, 0.15) is 5.65 Å². The highest BCUT2D eigenvalue weighted by Gasteiger charge is 2.30. The van der Waals surface area contributed by atoms with E-state index >= 15 is 0 Å².